The Morgan fingerprint density at radius 1 is 1.24 bits per heavy atom. The molecule has 0 saturated carbocycles. The highest BCUT2D eigenvalue weighted by atomic mass is 79.9. The molecule has 1 aliphatic rings. The molecule has 1 aliphatic heterocycles. The molecule has 0 aliphatic carbocycles. The van der Waals surface area contributed by atoms with Gasteiger partial charge in [0.05, 0.1) is 16.3 Å². The standard InChI is InChI=1S/C19H20BrN3OS/c1-12-7-9-22(10-8-12)18(24)17-11-16-13(2)21-23(19(16)25-17)15-5-3-14(20)4-6-15/h3-6,11-12H,7-10H2,1-2H3. The number of hydrogen-bond donors (Lipinski definition) is 0. The SMILES string of the molecule is Cc1nn(-c2ccc(Br)cc2)c2sc(C(=O)N3CCC(C)CC3)cc12. The number of thiophene rings is 1. The van der Waals surface area contributed by atoms with Gasteiger partial charge in [-0.15, -0.1) is 11.3 Å². The van der Waals surface area contributed by atoms with Crippen LogP contribution in [0.25, 0.3) is 15.9 Å². The third-order valence-corrected chi connectivity index (χ3v) is 6.52. The number of nitrogens with zero attached hydrogens (tertiary/aromatic N) is 3. The van der Waals surface area contributed by atoms with E-state index in [0.717, 1.165) is 62.8 Å². The highest BCUT2D eigenvalue weighted by molar-refractivity contribution is 9.10. The lowest BCUT2D eigenvalue weighted by Gasteiger charge is -2.29. The Balaban J connectivity index is 1.69. The van der Waals surface area contributed by atoms with E-state index in [-0.39, 0.29) is 5.91 Å². The van der Waals surface area contributed by atoms with Gasteiger partial charge in [0, 0.05) is 22.9 Å². The zero-order valence-electron chi connectivity index (χ0n) is 14.3. The Hall–Kier alpha value is -1.66. The first-order valence-corrected chi connectivity index (χ1v) is 10.2. The molecule has 0 N–H and O–H groups in total. The van der Waals surface area contributed by atoms with Crippen molar-refractivity contribution in [3.05, 3.63) is 45.4 Å². The Labute approximate surface area is 159 Å². The van der Waals surface area contributed by atoms with Gasteiger partial charge in [-0.1, -0.05) is 22.9 Å². The fraction of sp³-hybridized carbons (Fsp3) is 0.368. The van der Waals surface area contributed by atoms with Crippen LogP contribution in [0.3, 0.4) is 0 Å². The van der Waals surface area contributed by atoms with Crippen molar-refractivity contribution in [1.82, 2.24) is 14.7 Å². The third-order valence-electron chi connectivity index (χ3n) is 4.90. The monoisotopic (exact) mass is 417 g/mol. The number of hydrogen-bond acceptors (Lipinski definition) is 3. The maximum Gasteiger partial charge on any atom is 0.264 e. The smallest absolute Gasteiger partial charge is 0.264 e. The summed E-state index contributed by atoms with van der Waals surface area (Å²) < 4.78 is 2.98. The molecule has 3 heterocycles. The minimum Gasteiger partial charge on any atom is -0.338 e. The molecular weight excluding hydrogens is 398 g/mol. The molecule has 25 heavy (non-hydrogen) atoms. The van der Waals surface area contributed by atoms with Crippen LogP contribution in [0.15, 0.2) is 34.8 Å². The molecule has 0 unspecified atom stereocenters. The lowest BCUT2D eigenvalue weighted by molar-refractivity contribution is 0.0702. The van der Waals surface area contributed by atoms with Gasteiger partial charge >= 0.3 is 0 Å². The van der Waals surface area contributed by atoms with Crippen LogP contribution in [0.1, 0.15) is 35.1 Å². The van der Waals surface area contributed by atoms with Crippen LogP contribution in [0.5, 0.6) is 0 Å². The maximum atomic E-state index is 12.9. The molecule has 0 bridgehead atoms. The van der Waals surface area contributed by atoms with E-state index in [1.807, 2.05) is 46.8 Å². The molecule has 0 spiro atoms. The van der Waals surface area contributed by atoms with Gasteiger partial charge in [0.1, 0.15) is 4.83 Å². The van der Waals surface area contributed by atoms with Gasteiger partial charge < -0.3 is 4.90 Å². The van der Waals surface area contributed by atoms with Gasteiger partial charge in [-0.05, 0) is 56.0 Å². The van der Waals surface area contributed by atoms with E-state index in [1.54, 1.807) is 11.3 Å². The zero-order chi connectivity index (χ0) is 17.6. The largest absolute Gasteiger partial charge is 0.338 e. The first kappa shape index (κ1) is 16.8. The van der Waals surface area contributed by atoms with E-state index < -0.39 is 0 Å². The quantitative estimate of drug-likeness (QED) is 0.586. The summed E-state index contributed by atoms with van der Waals surface area (Å²) >= 11 is 5.01. The van der Waals surface area contributed by atoms with E-state index in [9.17, 15) is 4.79 Å². The van der Waals surface area contributed by atoms with Crippen LogP contribution in [-0.4, -0.2) is 33.7 Å². The number of likely N-dealkylation sites (tertiary alicyclic amines) is 1. The first-order chi connectivity index (χ1) is 12.0. The summed E-state index contributed by atoms with van der Waals surface area (Å²) in [6.07, 6.45) is 2.20. The fourth-order valence-electron chi connectivity index (χ4n) is 3.28. The maximum absolute atomic E-state index is 12.9. The molecule has 0 atom stereocenters. The number of aryl methyl sites for hydroxylation is 1. The number of carbonyl (C=O) groups excluding carboxylic acids is 1. The number of benzene rings is 1. The van der Waals surface area contributed by atoms with Crippen LogP contribution in [0, 0.1) is 12.8 Å². The molecule has 4 nitrogen and oxygen atoms in total. The van der Waals surface area contributed by atoms with Crippen LogP contribution in [-0.2, 0) is 0 Å². The van der Waals surface area contributed by atoms with E-state index in [4.69, 9.17) is 0 Å². The molecule has 4 rings (SSSR count). The normalized spacial score (nSPS) is 15.9. The van der Waals surface area contributed by atoms with E-state index in [0.29, 0.717) is 0 Å². The molecule has 1 fully saturated rings. The summed E-state index contributed by atoms with van der Waals surface area (Å²) in [6.45, 7) is 6.00. The minimum atomic E-state index is 0.162. The van der Waals surface area contributed by atoms with Crippen molar-refractivity contribution in [2.45, 2.75) is 26.7 Å². The molecule has 1 amide bonds. The first-order valence-electron chi connectivity index (χ1n) is 8.57. The topological polar surface area (TPSA) is 38.1 Å². The van der Waals surface area contributed by atoms with Crippen molar-refractivity contribution in [3.8, 4) is 5.69 Å². The van der Waals surface area contributed by atoms with Gasteiger partial charge in [-0.2, -0.15) is 5.10 Å². The van der Waals surface area contributed by atoms with Gasteiger partial charge in [0.25, 0.3) is 5.91 Å². The van der Waals surface area contributed by atoms with Crippen LogP contribution < -0.4 is 0 Å². The number of fused-ring (bicyclic) bond motifs is 1. The van der Waals surface area contributed by atoms with Gasteiger partial charge in [0.2, 0.25) is 0 Å². The molecule has 6 heteroatoms. The van der Waals surface area contributed by atoms with Crippen molar-refractivity contribution in [1.29, 1.82) is 0 Å². The summed E-state index contributed by atoms with van der Waals surface area (Å²) in [7, 11) is 0. The average molecular weight is 418 g/mol. The molecule has 0 radical (unpaired) electrons. The van der Waals surface area contributed by atoms with Crippen molar-refractivity contribution < 1.29 is 4.79 Å². The molecule has 2 aromatic heterocycles. The lowest BCUT2D eigenvalue weighted by atomic mass is 9.99. The number of rotatable bonds is 2. The minimum absolute atomic E-state index is 0.162. The van der Waals surface area contributed by atoms with Crippen LogP contribution in [0.2, 0.25) is 0 Å². The molecule has 130 valence electrons. The Kier molecular flexibility index (Phi) is 4.41. The summed E-state index contributed by atoms with van der Waals surface area (Å²) in [5, 5.41) is 5.73. The van der Waals surface area contributed by atoms with Crippen molar-refractivity contribution in [3.63, 3.8) is 0 Å². The predicted octanol–water partition coefficient (Wildman–Crippen LogP) is 5.03. The van der Waals surface area contributed by atoms with Gasteiger partial charge in [-0.3, -0.25) is 4.79 Å². The van der Waals surface area contributed by atoms with E-state index in [2.05, 4.69) is 28.0 Å². The molecule has 1 aromatic carbocycles. The molecule has 3 aromatic rings. The molecular formula is C19H20BrN3OS. The van der Waals surface area contributed by atoms with Gasteiger partial charge in [-0.25, -0.2) is 4.68 Å². The van der Waals surface area contributed by atoms with E-state index in [1.165, 1.54) is 0 Å². The number of halogens is 1. The number of aromatic nitrogens is 2. The van der Waals surface area contributed by atoms with Crippen molar-refractivity contribution in [2.75, 3.05) is 13.1 Å². The Morgan fingerprint density at radius 3 is 2.60 bits per heavy atom. The fourth-order valence-corrected chi connectivity index (χ4v) is 4.69. The summed E-state index contributed by atoms with van der Waals surface area (Å²) in [4.78, 5) is 16.7. The third kappa shape index (κ3) is 3.13. The van der Waals surface area contributed by atoms with Crippen LogP contribution in [0.4, 0.5) is 0 Å². The summed E-state index contributed by atoms with van der Waals surface area (Å²) in [6, 6.07) is 10.1. The summed E-state index contributed by atoms with van der Waals surface area (Å²) in [5.41, 5.74) is 1.97. The summed E-state index contributed by atoms with van der Waals surface area (Å²) in [5.74, 6) is 0.884. The van der Waals surface area contributed by atoms with Crippen molar-refractivity contribution in [2.24, 2.45) is 5.92 Å². The Bertz CT molecular complexity index is 920. The van der Waals surface area contributed by atoms with E-state index >= 15 is 0 Å². The number of carbonyl (C=O) groups is 1. The number of piperidine rings is 1. The highest BCUT2D eigenvalue weighted by Crippen LogP contribution is 2.32. The highest BCUT2D eigenvalue weighted by Gasteiger charge is 2.24. The average Bonchev–Trinajstić information content (AvgIpc) is 3.17. The van der Waals surface area contributed by atoms with Gasteiger partial charge in [0.15, 0.2) is 0 Å². The second kappa shape index (κ2) is 6.57. The lowest BCUT2D eigenvalue weighted by Crippen LogP contribution is -2.37. The predicted molar refractivity (Wildman–Crippen MR) is 106 cm³/mol. The second-order valence-corrected chi connectivity index (χ2v) is 8.72. The van der Waals surface area contributed by atoms with Crippen LogP contribution >= 0.6 is 27.3 Å². The Morgan fingerprint density at radius 2 is 1.92 bits per heavy atom. The molecule has 1 saturated heterocycles. The zero-order valence-corrected chi connectivity index (χ0v) is 16.7. The number of amides is 1. The second-order valence-electron chi connectivity index (χ2n) is 6.78. The van der Waals surface area contributed by atoms with Crippen molar-refractivity contribution >= 4 is 43.4 Å².